The number of thiophene rings is 1. The molecule has 0 aliphatic heterocycles. The van der Waals surface area contributed by atoms with Crippen LogP contribution in [0.1, 0.15) is 11.1 Å². The first kappa shape index (κ1) is 20.3. The zero-order valence-electron chi connectivity index (χ0n) is 14.9. The van der Waals surface area contributed by atoms with E-state index in [2.05, 4.69) is 10.1 Å². The topological polar surface area (TPSA) is 78.5 Å². The van der Waals surface area contributed by atoms with Gasteiger partial charge >= 0.3 is 0 Å². The number of hydrogen-bond donors (Lipinski definition) is 2. The summed E-state index contributed by atoms with van der Waals surface area (Å²) >= 11 is 6.72. The maximum Gasteiger partial charge on any atom is 0.267 e. The number of rotatable bonds is 8. The van der Waals surface area contributed by atoms with E-state index in [1.54, 1.807) is 18.2 Å². The van der Waals surface area contributed by atoms with Gasteiger partial charge in [0.05, 0.1) is 10.0 Å². The lowest BCUT2D eigenvalue weighted by Crippen LogP contribution is -2.41. The van der Waals surface area contributed by atoms with Gasteiger partial charge in [-0.1, -0.05) is 41.9 Å². The van der Waals surface area contributed by atoms with Gasteiger partial charge in [-0.05, 0) is 48.4 Å². The highest BCUT2D eigenvalue weighted by Crippen LogP contribution is 2.27. The van der Waals surface area contributed by atoms with Gasteiger partial charge in [0.1, 0.15) is 4.21 Å². The molecule has 1 heterocycles. The van der Waals surface area contributed by atoms with Crippen molar-refractivity contribution in [2.75, 3.05) is 10.3 Å². The van der Waals surface area contributed by atoms with E-state index in [9.17, 15) is 13.2 Å². The highest BCUT2D eigenvalue weighted by atomic mass is 35.5. The second kappa shape index (κ2) is 8.74. The Hall–Kier alpha value is -2.39. The first-order valence-electron chi connectivity index (χ1n) is 8.30. The molecule has 28 heavy (non-hydrogen) atoms. The molecule has 0 spiro atoms. The van der Waals surface area contributed by atoms with E-state index in [0.717, 1.165) is 33.2 Å². The Kier molecular flexibility index (Phi) is 6.35. The Labute approximate surface area is 172 Å². The van der Waals surface area contributed by atoms with Crippen LogP contribution in [0.4, 0.5) is 11.4 Å². The summed E-state index contributed by atoms with van der Waals surface area (Å²) in [5, 5.41) is 4.26. The second-order valence-electron chi connectivity index (χ2n) is 5.97. The number of nitrogens with one attached hydrogen (secondary N) is 2. The zero-order chi connectivity index (χ0) is 20.1. The number of benzene rings is 2. The molecule has 2 aromatic carbocycles. The summed E-state index contributed by atoms with van der Waals surface area (Å²) in [7, 11) is -3.91. The monoisotopic (exact) mass is 435 g/mol. The fraction of sp³-hybridized carbons (Fsp3) is 0.105. The van der Waals surface area contributed by atoms with Crippen LogP contribution in [-0.2, 0) is 21.4 Å². The molecule has 0 unspecified atom stereocenters. The van der Waals surface area contributed by atoms with Gasteiger partial charge in [0.25, 0.3) is 10.0 Å². The molecule has 3 rings (SSSR count). The number of amides is 1. The molecule has 0 fully saturated rings. The lowest BCUT2D eigenvalue weighted by molar-refractivity contribution is -0.107. The van der Waals surface area contributed by atoms with Crippen LogP contribution in [0.2, 0.25) is 4.34 Å². The van der Waals surface area contributed by atoms with Crippen molar-refractivity contribution in [1.82, 2.24) is 4.83 Å². The Balaban J connectivity index is 1.74. The molecule has 146 valence electrons. The van der Waals surface area contributed by atoms with Gasteiger partial charge in [0.15, 0.2) is 0 Å². The maximum atomic E-state index is 12.4. The van der Waals surface area contributed by atoms with E-state index in [1.807, 2.05) is 37.3 Å². The predicted octanol–water partition coefficient (Wildman–Crippen LogP) is 4.18. The quantitative estimate of drug-likeness (QED) is 0.411. The number of carbonyl (C=O) groups excluding carboxylic acids is 1. The van der Waals surface area contributed by atoms with E-state index < -0.39 is 10.0 Å². The van der Waals surface area contributed by atoms with Crippen LogP contribution in [0.25, 0.3) is 0 Å². The molecule has 0 bridgehead atoms. The van der Waals surface area contributed by atoms with Gasteiger partial charge < -0.3 is 5.32 Å². The van der Waals surface area contributed by atoms with Crippen LogP contribution in [0.3, 0.4) is 0 Å². The summed E-state index contributed by atoms with van der Waals surface area (Å²) in [4.78, 5) is 13.7. The molecule has 9 heteroatoms. The Morgan fingerprint density at radius 3 is 2.46 bits per heavy atom. The van der Waals surface area contributed by atoms with Crippen LogP contribution in [0.5, 0.6) is 0 Å². The fourth-order valence-corrected chi connectivity index (χ4v) is 5.02. The minimum Gasteiger partial charge on any atom is -0.381 e. The smallest absolute Gasteiger partial charge is 0.267 e. The number of hydrazine groups is 1. The van der Waals surface area contributed by atoms with Crippen molar-refractivity contribution < 1.29 is 13.2 Å². The fourth-order valence-electron chi connectivity index (χ4n) is 2.54. The molecule has 2 N–H and O–H groups in total. The van der Waals surface area contributed by atoms with E-state index in [0.29, 0.717) is 23.0 Å². The molecular weight excluding hydrogens is 418 g/mol. The number of sulfonamides is 1. The highest BCUT2D eigenvalue weighted by Gasteiger charge is 2.21. The Morgan fingerprint density at radius 1 is 1.11 bits per heavy atom. The number of halogens is 1. The van der Waals surface area contributed by atoms with E-state index >= 15 is 0 Å². The number of nitrogens with zero attached hydrogens (tertiary/aromatic N) is 1. The zero-order valence-corrected chi connectivity index (χ0v) is 17.3. The van der Waals surface area contributed by atoms with Gasteiger partial charge in [-0.15, -0.1) is 16.2 Å². The molecule has 1 aromatic heterocycles. The second-order valence-corrected chi connectivity index (χ2v) is 9.57. The van der Waals surface area contributed by atoms with E-state index in [1.165, 1.54) is 12.1 Å². The van der Waals surface area contributed by atoms with Crippen molar-refractivity contribution in [2.45, 2.75) is 17.7 Å². The van der Waals surface area contributed by atoms with Crippen molar-refractivity contribution >= 4 is 50.7 Å². The van der Waals surface area contributed by atoms with Crippen LogP contribution in [-0.4, -0.2) is 14.8 Å². The van der Waals surface area contributed by atoms with Crippen LogP contribution in [0.15, 0.2) is 64.9 Å². The molecule has 0 aliphatic carbocycles. The lowest BCUT2D eigenvalue weighted by atomic mass is 10.1. The standard InChI is InChI=1S/C19H18ClN3O3S2/c1-14-11-16(7-8-17(14)21-12-15-5-3-2-4-6-15)23(13-24)22-28(25,26)19-10-9-18(20)27-19/h2-11,13,21-22H,12H2,1H3. The van der Waals surface area contributed by atoms with Crippen molar-refractivity contribution in [3.05, 3.63) is 76.1 Å². The summed E-state index contributed by atoms with van der Waals surface area (Å²) in [6.45, 7) is 2.54. The van der Waals surface area contributed by atoms with Crippen molar-refractivity contribution in [1.29, 1.82) is 0 Å². The summed E-state index contributed by atoms with van der Waals surface area (Å²) in [6, 6.07) is 18.0. The number of hydrogen-bond acceptors (Lipinski definition) is 5. The number of anilines is 2. The molecule has 1 amide bonds. The first-order valence-corrected chi connectivity index (χ1v) is 11.0. The first-order chi connectivity index (χ1) is 13.4. The van der Waals surface area contributed by atoms with Gasteiger partial charge in [-0.3, -0.25) is 4.79 Å². The normalized spacial score (nSPS) is 11.2. The molecule has 6 nitrogen and oxygen atoms in total. The minimum absolute atomic E-state index is 0.0298. The van der Waals surface area contributed by atoms with Crippen molar-refractivity contribution in [2.24, 2.45) is 0 Å². The van der Waals surface area contributed by atoms with Gasteiger partial charge in [0.2, 0.25) is 6.41 Å². The summed E-state index contributed by atoms with van der Waals surface area (Å²) in [5.74, 6) is 0. The predicted molar refractivity (Wildman–Crippen MR) is 113 cm³/mol. The molecule has 0 saturated heterocycles. The molecular formula is C19H18ClN3O3S2. The lowest BCUT2D eigenvalue weighted by Gasteiger charge is -2.19. The van der Waals surface area contributed by atoms with Crippen LogP contribution in [0, 0.1) is 6.92 Å². The van der Waals surface area contributed by atoms with E-state index in [-0.39, 0.29) is 4.21 Å². The highest BCUT2D eigenvalue weighted by molar-refractivity contribution is 7.91. The summed E-state index contributed by atoms with van der Waals surface area (Å²) in [6.07, 6.45) is 0.415. The molecule has 0 atom stereocenters. The molecule has 0 aliphatic rings. The average Bonchev–Trinajstić information content (AvgIpc) is 3.13. The maximum absolute atomic E-state index is 12.4. The number of carbonyl (C=O) groups is 1. The van der Waals surface area contributed by atoms with Gasteiger partial charge in [-0.25, -0.2) is 13.4 Å². The summed E-state index contributed by atoms with van der Waals surface area (Å²) in [5.41, 5.74) is 3.32. The molecule has 0 radical (unpaired) electrons. The Morgan fingerprint density at radius 2 is 1.86 bits per heavy atom. The average molecular weight is 436 g/mol. The third kappa shape index (κ3) is 4.90. The third-order valence-electron chi connectivity index (χ3n) is 3.95. The van der Waals surface area contributed by atoms with Crippen molar-refractivity contribution in [3.8, 4) is 0 Å². The minimum atomic E-state index is -3.91. The Bertz CT molecular complexity index is 1070. The van der Waals surface area contributed by atoms with Crippen LogP contribution < -0.4 is 15.2 Å². The number of aryl methyl sites for hydroxylation is 1. The SMILES string of the molecule is Cc1cc(N(C=O)NS(=O)(=O)c2ccc(Cl)s2)ccc1NCc1ccccc1. The van der Waals surface area contributed by atoms with Gasteiger partial charge in [0, 0.05) is 12.2 Å². The third-order valence-corrected chi connectivity index (χ3v) is 6.99. The largest absolute Gasteiger partial charge is 0.381 e. The van der Waals surface area contributed by atoms with Crippen molar-refractivity contribution in [3.63, 3.8) is 0 Å². The molecule has 0 saturated carbocycles. The van der Waals surface area contributed by atoms with Crippen LogP contribution >= 0.6 is 22.9 Å². The summed E-state index contributed by atoms with van der Waals surface area (Å²) < 4.78 is 25.2. The van der Waals surface area contributed by atoms with Gasteiger partial charge in [-0.2, -0.15) is 0 Å². The van der Waals surface area contributed by atoms with E-state index in [4.69, 9.17) is 11.6 Å². The molecule has 3 aromatic rings.